The topological polar surface area (TPSA) is 46.3 Å². The first-order chi connectivity index (χ1) is 12.3. The number of benzene rings is 1. The number of hydrogen-bond donors (Lipinski definition) is 0. The summed E-state index contributed by atoms with van der Waals surface area (Å²) in [6, 6.07) is 7.30. The van der Waals surface area contributed by atoms with Crippen molar-refractivity contribution in [1.82, 2.24) is 10.1 Å². The minimum atomic E-state index is -4.34. The number of alkyl halides is 3. The van der Waals surface area contributed by atoms with Crippen LogP contribution >= 0.6 is 0 Å². The molecule has 0 aliphatic carbocycles. The Kier molecular flexibility index (Phi) is 5.34. The summed E-state index contributed by atoms with van der Waals surface area (Å²) in [5.74, 6) is 0.579. The van der Waals surface area contributed by atoms with Crippen molar-refractivity contribution >= 4 is 5.91 Å². The van der Waals surface area contributed by atoms with Crippen LogP contribution in [0.4, 0.5) is 13.2 Å². The van der Waals surface area contributed by atoms with Crippen LogP contribution in [0.1, 0.15) is 46.6 Å². The first-order valence-electron chi connectivity index (χ1n) is 8.72. The molecule has 1 atom stereocenters. The average molecular weight is 366 g/mol. The van der Waals surface area contributed by atoms with Gasteiger partial charge in [-0.25, -0.2) is 0 Å². The molecule has 0 spiro atoms. The molecule has 0 saturated carbocycles. The highest BCUT2D eigenvalue weighted by Crippen LogP contribution is 2.33. The van der Waals surface area contributed by atoms with Crippen LogP contribution in [0.25, 0.3) is 0 Å². The van der Waals surface area contributed by atoms with Crippen molar-refractivity contribution in [3.8, 4) is 0 Å². The lowest BCUT2D eigenvalue weighted by Gasteiger charge is -2.32. The summed E-state index contributed by atoms with van der Waals surface area (Å²) in [5.41, 5.74) is 0.0305. The Morgan fingerprint density at radius 2 is 2.12 bits per heavy atom. The fourth-order valence-corrected chi connectivity index (χ4v) is 3.49. The molecular weight excluding hydrogens is 345 g/mol. The van der Waals surface area contributed by atoms with Crippen LogP contribution in [-0.4, -0.2) is 29.1 Å². The van der Waals surface area contributed by atoms with Crippen molar-refractivity contribution in [3.63, 3.8) is 0 Å². The molecule has 1 saturated heterocycles. The lowest BCUT2D eigenvalue weighted by Crippen LogP contribution is -2.40. The van der Waals surface area contributed by atoms with Gasteiger partial charge in [0.1, 0.15) is 5.76 Å². The third-order valence-corrected chi connectivity index (χ3v) is 4.80. The second-order valence-corrected chi connectivity index (χ2v) is 6.78. The molecule has 140 valence electrons. The van der Waals surface area contributed by atoms with Gasteiger partial charge in [-0.15, -0.1) is 0 Å². The molecule has 1 aliphatic rings. The van der Waals surface area contributed by atoms with Crippen molar-refractivity contribution in [2.45, 2.75) is 38.8 Å². The summed E-state index contributed by atoms with van der Waals surface area (Å²) in [6.07, 6.45) is -1.61. The van der Waals surface area contributed by atoms with E-state index in [1.165, 1.54) is 12.1 Å². The van der Waals surface area contributed by atoms with Crippen LogP contribution in [0.2, 0.25) is 0 Å². The van der Waals surface area contributed by atoms with Crippen molar-refractivity contribution in [1.29, 1.82) is 0 Å². The van der Waals surface area contributed by atoms with E-state index in [0.717, 1.165) is 18.9 Å². The number of piperidine rings is 1. The van der Waals surface area contributed by atoms with Gasteiger partial charge in [-0.05, 0) is 50.2 Å². The second-order valence-electron chi connectivity index (χ2n) is 6.78. The Labute approximate surface area is 150 Å². The van der Waals surface area contributed by atoms with Gasteiger partial charge in [0, 0.05) is 19.2 Å². The van der Waals surface area contributed by atoms with Crippen LogP contribution in [0.3, 0.4) is 0 Å². The first-order valence-corrected chi connectivity index (χ1v) is 8.72. The van der Waals surface area contributed by atoms with Gasteiger partial charge < -0.3 is 9.42 Å². The Balaban J connectivity index is 1.62. The molecule has 0 unspecified atom stereocenters. The third-order valence-electron chi connectivity index (χ3n) is 4.80. The summed E-state index contributed by atoms with van der Waals surface area (Å²) < 4.78 is 44.3. The maximum atomic E-state index is 13.1. The fourth-order valence-electron chi connectivity index (χ4n) is 3.49. The Bertz CT molecular complexity index is 770. The highest BCUT2D eigenvalue weighted by Gasteiger charge is 2.33. The lowest BCUT2D eigenvalue weighted by atomic mass is 9.90. The molecule has 1 aliphatic heterocycles. The zero-order chi connectivity index (χ0) is 18.7. The molecule has 4 nitrogen and oxygen atoms in total. The number of amides is 1. The van der Waals surface area contributed by atoms with E-state index >= 15 is 0 Å². The fraction of sp³-hybridized carbons (Fsp3) is 0.474. The van der Waals surface area contributed by atoms with Gasteiger partial charge in [0.05, 0.1) is 5.56 Å². The van der Waals surface area contributed by atoms with Crippen molar-refractivity contribution < 1.29 is 22.5 Å². The average Bonchev–Trinajstić information content (AvgIpc) is 3.05. The maximum Gasteiger partial charge on any atom is 0.416 e. The Morgan fingerprint density at radius 3 is 2.81 bits per heavy atom. The zero-order valence-corrected chi connectivity index (χ0v) is 14.6. The monoisotopic (exact) mass is 366 g/mol. The van der Waals surface area contributed by atoms with E-state index in [2.05, 4.69) is 5.16 Å². The molecule has 1 fully saturated rings. The van der Waals surface area contributed by atoms with E-state index in [-0.39, 0.29) is 17.5 Å². The highest BCUT2D eigenvalue weighted by atomic mass is 19.4. The van der Waals surface area contributed by atoms with Gasteiger partial charge in [0.2, 0.25) is 0 Å². The predicted molar refractivity (Wildman–Crippen MR) is 89.6 cm³/mol. The second kappa shape index (κ2) is 7.51. The van der Waals surface area contributed by atoms with Gasteiger partial charge in [0.25, 0.3) is 5.91 Å². The number of likely N-dealkylation sites (tertiary alicyclic amines) is 1. The molecule has 0 radical (unpaired) electrons. The third kappa shape index (κ3) is 4.26. The van der Waals surface area contributed by atoms with Crippen molar-refractivity contribution in [3.05, 3.63) is 52.9 Å². The van der Waals surface area contributed by atoms with Crippen molar-refractivity contribution in [2.24, 2.45) is 5.92 Å². The standard InChI is InChI=1S/C19H21F3N2O2/c1-13-11-17(23-26-13)18(25)24-10-4-5-14(12-24)8-9-15-6-2-3-7-16(15)19(20,21)22/h2-3,6-7,11,14H,4-5,8-10,12H2,1H3/t14-/m0/s1. The van der Waals surface area contributed by atoms with Crippen molar-refractivity contribution in [2.75, 3.05) is 13.1 Å². The molecule has 1 aromatic heterocycles. The van der Waals surface area contributed by atoms with E-state index in [1.54, 1.807) is 24.0 Å². The van der Waals surface area contributed by atoms with E-state index in [0.29, 0.717) is 37.3 Å². The SMILES string of the molecule is Cc1cc(C(=O)N2CCC[C@@H](CCc3ccccc3C(F)(F)F)C2)no1. The van der Waals surface area contributed by atoms with Gasteiger partial charge in [-0.3, -0.25) is 4.79 Å². The molecule has 1 aromatic carbocycles. The maximum absolute atomic E-state index is 13.1. The van der Waals surface area contributed by atoms with Gasteiger partial charge in [-0.1, -0.05) is 23.4 Å². The number of aromatic nitrogens is 1. The molecular formula is C19H21F3N2O2. The molecule has 0 N–H and O–H groups in total. The number of nitrogens with zero attached hydrogens (tertiary/aromatic N) is 2. The van der Waals surface area contributed by atoms with E-state index in [4.69, 9.17) is 4.52 Å². The van der Waals surface area contributed by atoms with Gasteiger partial charge in [0.15, 0.2) is 5.69 Å². The van der Waals surface area contributed by atoms with E-state index in [9.17, 15) is 18.0 Å². The molecule has 2 aromatic rings. The smallest absolute Gasteiger partial charge is 0.361 e. The number of hydrogen-bond acceptors (Lipinski definition) is 3. The number of halogens is 3. The van der Waals surface area contributed by atoms with E-state index in [1.807, 2.05) is 0 Å². The van der Waals surface area contributed by atoms with Crippen LogP contribution in [0.15, 0.2) is 34.9 Å². The van der Waals surface area contributed by atoms with Crippen LogP contribution < -0.4 is 0 Å². The number of carbonyl (C=O) groups excluding carboxylic acids is 1. The van der Waals surface area contributed by atoms with Gasteiger partial charge in [-0.2, -0.15) is 13.2 Å². The number of aryl methyl sites for hydroxylation is 2. The first kappa shape index (κ1) is 18.5. The molecule has 3 rings (SSSR count). The minimum Gasteiger partial charge on any atom is -0.361 e. The van der Waals surface area contributed by atoms with Crippen LogP contribution in [0.5, 0.6) is 0 Å². The Hall–Kier alpha value is -2.31. The number of carbonyl (C=O) groups is 1. The van der Waals surface area contributed by atoms with Crippen LogP contribution in [-0.2, 0) is 12.6 Å². The summed E-state index contributed by atoms with van der Waals surface area (Å²) >= 11 is 0. The van der Waals surface area contributed by atoms with Gasteiger partial charge >= 0.3 is 6.18 Å². The zero-order valence-electron chi connectivity index (χ0n) is 14.6. The number of rotatable bonds is 4. The largest absolute Gasteiger partial charge is 0.416 e. The molecule has 0 bridgehead atoms. The van der Waals surface area contributed by atoms with E-state index < -0.39 is 11.7 Å². The summed E-state index contributed by atoms with van der Waals surface area (Å²) in [5, 5.41) is 3.76. The molecule has 26 heavy (non-hydrogen) atoms. The molecule has 1 amide bonds. The Morgan fingerprint density at radius 1 is 1.35 bits per heavy atom. The highest BCUT2D eigenvalue weighted by molar-refractivity contribution is 5.92. The predicted octanol–water partition coefficient (Wildman–Crippen LogP) is 4.49. The summed E-state index contributed by atoms with van der Waals surface area (Å²) in [4.78, 5) is 14.2. The quantitative estimate of drug-likeness (QED) is 0.801. The normalized spacial score (nSPS) is 18.2. The summed E-state index contributed by atoms with van der Waals surface area (Å²) in [6.45, 7) is 2.90. The summed E-state index contributed by atoms with van der Waals surface area (Å²) in [7, 11) is 0. The lowest BCUT2D eigenvalue weighted by molar-refractivity contribution is -0.138. The minimum absolute atomic E-state index is 0.178. The molecule has 2 heterocycles. The molecule has 7 heteroatoms. The van der Waals surface area contributed by atoms with Crippen LogP contribution in [0, 0.1) is 12.8 Å².